The smallest absolute Gasteiger partial charge is 0.317 e. The van der Waals surface area contributed by atoms with Crippen LogP contribution in [0.2, 0.25) is 0 Å². The largest absolute Gasteiger partial charge is 0.331 e. The van der Waals surface area contributed by atoms with Gasteiger partial charge in [-0.15, -0.1) is 0 Å². The normalized spacial score (nSPS) is 15.0. The monoisotopic (exact) mass is 286 g/mol. The van der Waals surface area contributed by atoms with Crippen LogP contribution in [0, 0.1) is 0 Å². The first-order valence-corrected chi connectivity index (χ1v) is 7.17. The van der Waals surface area contributed by atoms with E-state index in [1.54, 1.807) is 12.4 Å². The average molecular weight is 286 g/mol. The Kier molecular flexibility index (Phi) is 4.09. The molecule has 2 N–H and O–H groups in total. The number of amides is 2. The molecule has 0 unspecified atom stereocenters. The van der Waals surface area contributed by atoms with Gasteiger partial charge >= 0.3 is 6.03 Å². The Bertz CT molecular complexity index is 591. The molecule has 2 aromatic heterocycles. The molecule has 0 radical (unpaired) electrons. The highest BCUT2D eigenvalue weighted by molar-refractivity contribution is 5.74. The minimum atomic E-state index is -0.0333. The SMILES string of the molecule is O=C(NCc1nc(-c2cccnc2)n[nH]1)N1CCCCC1. The molecule has 1 fully saturated rings. The van der Waals surface area contributed by atoms with Crippen molar-refractivity contribution < 1.29 is 4.79 Å². The molecule has 0 spiro atoms. The molecule has 0 bridgehead atoms. The second-order valence-electron chi connectivity index (χ2n) is 5.05. The van der Waals surface area contributed by atoms with Crippen molar-refractivity contribution in [3.05, 3.63) is 30.4 Å². The van der Waals surface area contributed by atoms with E-state index in [1.165, 1.54) is 6.42 Å². The van der Waals surface area contributed by atoms with E-state index >= 15 is 0 Å². The van der Waals surface area contributed by atoms with Gasteiger partial charge in [0.1, 0.15) is 5.82 Å². The molecule has 0 atom stereocenters. The number of H-pyrrole nitrogens is 1. The van der Waals surface area contributed by atoms with E-state index in [-0.39, 0.29) is 6.03 Å². The van der Waals surface area contributed by atoms with Gasteiger partial charge in [-0.05, 0) is 31.4 Å². The van der Waals surface area contributed by atoms with Crippen molar-refractivity contribution in [3.63, 3.8) is 0 Å². The van der Waals surface area contributed by atoms with Crippen LogP contribution < -0.4 is 5.32 Å². The summed E-state index contributed by atoms with van der Waals surface area (Å²) in [5.74, 6) is 1.23. The predicted octanol–water partition coefficient (Wildman–Crippen LogP) is 1.56. The van der Waals surface area contributed by atoms with E-state index in [2.05, 4.69) is 25.5 Å². The number of piperidine rings is 1. The lowest BCUT2D eigenvalue weighted by molar-refractivity contribution is 0.186. The summed E-state index contributed by atoms with van der Waals surface area (Å²) in [6.07, 6.45) is 6.79. The van der Waals surface area contributed by atoms with Crippen molar-refractivity contribution in [2.24, 2.45) is 0 Å². The van der Waals surface area contributed by atoms with Gasteiger partial charge in [0.15, 0.2) is 5.82 Å². The van der Waals surface area contributed by atoms with Crippen LogP contribution in [0.1, 0.15) is 25.1 Å². The summed E-state index contributed by atoms with van der Waals surface area (Å²) in [6, 6.07) is 3.70. The summed E-state index contributed by atoms with van der Waals surface area (Å²) in [7, 11) is 0. The van der Waals surface area contributed by atoms with Crippen molar-refractivity contribution in [3.8, 4) is 11.4 Å². The lowest BCUT2D eigenvalue weighted by Crippen LogP contribution is -2.42. The maximum Gasteiger partial charge on any atom is 0.317 e. The maximum atomic E-state index is 12.0. The Morgan fingerprint density at radius 3 is 2.95 bits per heavy atom. The third-order valence-corrected chi connectivity index (χ3v) is 3.50. The Morgan fingerprint density at radius 2 is 2.19 bits per heavy atom. The molecule has 1 saturated heterocycles. The molecule has 2 amide bonds. The summed E-state index contributed by atoms with van der Waals surface area (Å²) < 4.78 is 0. The number of hydrogen-bond donors (Lipinski definition) is 2. The molecular weight excluding hydrogens is 268 g/mol. The zero-order chi connectivity index (χ0) is 14.5. The number of nitrogens with zero attached hydrogens (tertiary/aromatic N) is 4. The van der Waals surface area contributed by atoms with E-state index in [1.807, 2.05) is 17.0 Å². The first-order valence-electron chi connectivity index (χ1n) is 7.17. The summed E-state index contributed by atoms with van der Waals surface area (Å²) in [4.78, 5) is 22.2. The van der Waals surface area contributed by atoms with E-state index in [4.69, 9.17) is 0 Å². The van der Waals surface area contributed by atoms with Gasteiger partial charge in [0.05, 0.1) is 6.54 Å². The van der Waals surface area contributed by atoms with Crippen LogP contribution in [0.25, 0.3) is 11.4 Å². The fourth-order valence-corrected chi connectivity index (χ4v) is 2.37. The molecule has 1 aliphatic heterocycles. The average Bonchev–Trinajstić information content (AvgIpc) is 3.03. The number of pyridine rings is 1. The van der Waals surface area contributed by atoms with Gasteiger partial charge in [0.25, 0.3) is 0 Å². The van der Waals surface area contributed by atoms with E-state index in [0.717, 1.165) is 31.5 Å². The molecular formula is C14H18N6O. The van der Waals surface area contributed by atoms with Crippen molar-refractivity contribution in [1.82, 2.24) is 30.4 Å². The number of aromatic nitrogens is 4. The Balaban J connectivity index is 1.56. The van der Waals surface area contributed by atoms with Crippen molar-refractivity contribution >= 4 is 6.03 Å². The van der Waals surface area contributed by atoms with Crippen LogP contribution in [0.3, 0.4) is 0 Å². The lowest BCUT2D eigenvalue weighted by Gasteiger charge is -2.26. The molecule has 0 saturated carbocycles. The number of aromatic amines is 1. The number of rotatable bonds is 3. The fraction of sp³-hybridized carbons (Fsp3) is 0.429. The van der Waals surface area contributed by atoms with Gasteiger partial charge in [-0.3, -0.25) is 10.1 Å². The predicted molar refractivity (Wildman–Crippen MR) is 77.3 cm³/mol. The second-order valence-corrected chi connectivity index (χ2v) is 5.05. The molecule has 7 heteroatoms. The van der Waals surface area contributed by atoms with E-state index in [0.29, 0.717) is 18.2 Å². The molecule has 21 heavy (non-hydrogen) atoms. The van der Waals surface area contributed by atoms with Crippen LogP contribution in [0.15, 0.2) is 24.5 Å². The van der Waals surface area contributed by atoms with Crippen molar-refractivity contribution in [1.29, 1.82) is 0 Å². The second kappa shape index (κ2) is 6.34. The standard InChI is InChI=1S/C14H18N6O/c21-14(20-7-2-1-3-8-20)16-10-12-17-13(19-18-12)11-5-4-6-15-9-11/h4-6,9H,1-3,7-8,10H2,(H,16,21)(H,17,18,19). The molecule has 2 aromatic rings. The number of likely N-dealkylation sites (tertiary alicyclic amines) is 1. The summed E-state index contributed by atoms with van der Waals surface area (Å²) in [6.45, 7) is 2.02. The zero-order valence-corrected chi connectivity index (χ0v) is 11.7. The first kappa shape index (κ1) is 13.5. The molecule has 0 aliphatic carbocycles. The summed E-state index contributed by atoms with van der Waals surface area (Å²) in [5.41, 5.74) is 0.849. The summed E-state index contributed by atoms with van der Waals surface area (Å²) in [5, 5.41) is 9.85. The Labute approximate surface area is 122 Å². The van der Waals surface area contributed by atoms with Gasteiger partial charge in [0, 0.05) is 31.0 Å². The van der Waals surface area contributed by atoms with Gasteiger partial charge in [-0.25, -0.2) is 9.78 Å². The minimum absolute atomic E-state index is 0.0333. The third kappa shape index (κ3) is 3.36. The number of hydrogen-bond acceptors (Lipinski definition) is 4. The third-order valence-electron chi connectivity index (χ3n) is 3.50. The lowest BCUT2D eigenvalue weighted by atomic mass is 10.1. The maximum absolute atomic E-state index is 12.0. The van der Waals surface area contributed by atoms with Crippen LogP contribution in [-0.4, -0.2) is 44.2 Å². The van der Waals surface area contributed by atoms with E-state index < -0.39 is 0 Å². The van der Waals surface area contributed by atoms with Crippen molar-refractivity contribution in [2.75, 3.05) is 13.1 Å². The zero-order valence-electron chi connectivity index (χ0n) is 11.7. The van der Waals surface area contributed by atoms with Gasteiger partial charge in [-0.2, -0.15) is 5.10 Å². The topological polar surface area (TPSA) is 86.8 Å². The Morgan fingerprint density at radius 1 is 1.33 bits per heavy atom. The van der Waals surface area contributed by atoms with Gasteiger partial charge in [-0.1, -0.05) is 0 Å². The van der Waals surface area contributed by atoms with E-state index in [9.17, 15) is 4.79 Å². The van der Waals surface area contributed by atoms with Gasteiger partial charge < -0.3 is 10.2 Å². The number of carbonyl (C=O) groups excluding carboxylic acids is 1. The Hall–Kier alpha value is -2.44. The van der Waals surface area contributed by atoms with Gasteiger partial charge in [0.2, 0.25) is 0 Å². The first-order chi connectivity index (χ1) is 10.3. The highest BCUT2D eigenvalue weighted by Gasteiger charge is 2.16. The minimum Gasteiger partial charge on any atom is -0.331 e. The molecule has 110 valence electrons. The van der Waals surface area contributed by atoms with Crippen LogP contribution >= 0.6 is 0 Å². The number of carbonyl (C=O) groups is 1. The molecule has 3 rings (SSSR count). The molecule has 7 nitrogen and oxygen atoms in total. The quantitative estimate of drug-likeness (QED) is 0.896. The molecule has 3 heterocycles. The van der Waals surface area contributed by atoms with Crippen LogP contribution in [0.5, 0.6) is 0 Å². The molecule has 1 aliphatic rings. The fourth-order valence-electron chi connectivity index (χ4n) is 2.37. The van der Waals surface area contributed by atoms with Crippen LogP contribution in [-0.2, 0) is 6.54 Å². The molecule has 0 aromatic carbocycles. The number of urea groups is 1. The summed E-state index contributed by atoms with van der Waals surface area (Å²) >= 11 is 0. The highest BCUT2D eigenvalue weighted by atomic mass is 16.2. The highest BCUT2D eigenvalue weighted by Crippen LogP contribution is 2.12. The van der Waals surface area contributed by atoms with Crippen LogP contribution in [0.4, 0.5) is 4.79 Å². The number of nitrogens with one attached hydrogen (secondary N) is 2. The van der Waals surface area contributed by atoms with Crippen molar-refractivity contribution in [2.45, 2.75) is 25.8 Å².